The predicted molar refractivity (Wildman–Crippen MR) is 289 cm³/mol. The lowest BCUT2D eigenvalue weighted by molar-refractivity contribution is 0.660. The van der Waals surface area contributed by atoms with Crippen LogP contribution in [-0.2, 0) is 10.8 Å². The molecule has 0 fully saturated rings. The van der Waals surface area contributed by atoms with E-state index in [1.807, 2.05) is 0 Å². The van der Waals surface area contributed by atoms with Gasteiger partial charge in [-0.25, -0.2) is 0 Å². The number of hydrogen-bond donors (Lipinski definition) is 0. The molecule has 3 heteroatoms. The molecule has 0 N–H and O–H groups in total. The molecule has 0 amide bonds. The van der Waals surface area contributed by atoms with Crippen LogP contribution in [0.5, 0.6) is 0 Å². The summed E-state index contributed by atoms with van der Waals surface area (Å²) in [5.74, 6) is 0. The Morgan fingerprint density at radius 3 is 1.88 bits per heavy atom. The fourth-order valence-corrected chi connectivity index (χ4v) is 12.2. The summed E-state index contributed by atoms with van der Waals surface area (Å²) in [6.45, 7) is 9.45. The number of anilines is 3. The minimum absolute atomic E-state index is 0.0940. The average Bonchev–Trinajstić information content (AvgIpc) is 4.07. The molecule has 0 atom stereocenters. The summed E-state index contributed by atoms with van der Waals surface area (Å²) in [7, 11) is 0. The van der Waals surface area contributed by atoms with E-state index in [2.05, 4.69) is 256 Å². The third-order valence-electron chi connectivity index (χ3n) is 15.6. The highest BCUT2D eigenvalue weighted by molar-refractivity contribution is 6.15. The molecule has 0 spiro atoms. The fraction of sp³-hybridized carbons (Fsp3) is 0.0909. The highest BCUT2D eigenvalue weighted by Gasteiger charge is 2.38. The molecule has 0 aliphatic heterocycles. The third kappa shape index (κ3) is 5.74. The van der Waals surface area contributed by atoms with E-state index in [9.17, 15) is 0 Å². The summed E-state index contributed by atoms with van der Waals surface area (Å²) >= 11 is 0. The number of aromatic nitrogens is 1. The molecule has 0 saturated heterocycles. The van der Waals surface area contributed by atoms with Gasteiger partial charge >= 0.3 is 0 Å². The van der Waals surface area contributed by atoms with Crippen LogP contribution in [0.25, 0.3) is 93.9 Å². The third-order valence-corrected chi connectivity index (χ3v) is 15.6. The van der Waals surface area contributed by atoms with Crippen LogP contribution in [0.2, 0.25) is 0 Å². The van der Waals surface area contributed by atoms with Gasteiger partial charge in [-0.1, -0.05) is 173 Å². The summed E-state index contributed by atoms with van der Waals surface area (Å²) < 4.78 is 9.20. The zero-order chi connectivity index (χ0) is 46.2. The Morgan fingerprint density at radius 2 is 1.01 bits per heavy atom. The van der Waals surface area contributed by atoms with Crippen molar-refractivity contribution in [1.82, 2.24) is 4.57 Å². The Morgan fingerprint density at radius 1 is 0.377 bits per heavy atom. The van der Waals surface area contributed by atoms with Crippen LogP contribution in [0.1, 0.15) is 49.9 Å². The highest BCUT2D eigenvalue weighted by atomic mass is 16.3. The van der Waals surface area contributed by atoms with Crippen molar-refractivity contribution in [2.75, 3.05) is 4.90 Å². The standard InChI is InChI=1S/C66H48N2O/c1-65(2)55-26-12-9-23-52(55)63-47(24-15-27-56(63)65)43-17-14-20-45(37-43)67(46-33-35-49-48-21-8-11-25-54(48)66(3,4)57(49)40-46)59-29-16-30-62-64(59)53-38-41(32-36-61(53)69-62)42-31-34-51-50-22-10-13-28-58(50)68(60(51)39-42)44-18-6-5-7-19-44/h5-40H,1-4H3. The molecule has 0 radical (unpaired) electrons. The van der Waals surface area contributed by atoms with Gasteiger partial charge in [0.1, 0.15) is 11.2 Å². The van der Waals surface area contributed by atoms with E-state index in [1.165, 1.54) is 77.4 Å². The van der Waals surface area contributed by atoms with Crippen molar-refractivity contribution in [1.29, 1.82) is 0 Å². The predicted octanol–water partition coefficient (Wildman–Crippen LogP) is 18.1. The molecule has 0 saturated carbocycles. The number of hydrogen-bond acceptors (Lipinski definition) is 2. The van der Waals surface area contributed by atoms with Gasteiger partial charge < -0.3 is 13.9 Å². The van der Waals surface area contributed by atoms with E-state index in [0.717, 1.165) is 55.8 Å². The molecule has 69 heavy (non-hydrogen) atoms. The van der Waals surface area contributed by atoms with Gasteiger partial charge in [0, 0.05) is 44.1 Å². The first-order chi connectivity index (χ1) is 33.7. The van der Waals surface area contributed by atoms with Gasteiger partial charge in [0.05, 0.1) is 22.1 Å². The quantitative estimate of drug-likeness (QED) is 0.166. The minimum atomic E-state index is -0.170. The first kappa shape index (κ1) is 39.7. The largest absolute Gasteiger partial charge is 0.456 e. The number of benzene rings is 10. The molecule has 14 rings (SSSR count). The molecule has 0 bridgehead atoms. The summed E-state index contributed by atoms with van der Waals surface area (Å²) in [6, 6.07) is 80.6. The summed E-state index contributed by atoms with van der Waals surface area (Å²) in [4.78, 5) is 2.47. The lowest BCUT2D eigenvalue weighted by Gasteiger charge is -2.29. The van der Waals surface area contributed by atoms with E-state index < -0.39 is 0 Å². The maximum atomic E-state index is 6.81. The van der Waals surface area contributed by atoms with Crippen molar-refractivity contribution in [2.24, 2.45) is 0 Å². The van der Waals surface area contributed by atoms with E-state index in [-0.39, 0.29) is 10.8 Å². The number of para-hydroxylation sites is 2. The van der Waals surface area contributed by atoms with Gasteiger partial charge in [-0.3, -0.25) is 0 Å². The van der Waals surface area contributed by atoms with Gasteiger partial charge in [0.2, 0.25) is 0 Å². The highest BCUT2D eigenvalue weighted by Crippen LogP contribution is 2.54. The number of nitrogens with zero attached hydrogens (tertiary/aromatic N) is 2. The smallest absolute Gasteiger partial charge is 0.137 e. The first-order valence-electron chi connectivity index (χ1n) is 24.2. The monoisotopic (exact) mass is 884 g/mol. The molecular formula is C66H48N2O. The van der Waals surface area contributed by atoms with Crippen LogP contribution in [0, 0.1) is 0 Å². The molecule has 328 valence electrons. The van der Waals surface area contributed by atoms with Crippen LogP contribution >= 0.6 is 0 Å². The maximum Gasteiger partial charge on any atom is 0.137 e. The summed E-state index contributed by atoms with van der Waals surface area (Å²) in [6.07, 6.45) is 0. The van der Waals surface area contributed by atoms with Crippen molar-refractivity contribution < 1.29 is 4.42 Å². The van der Waals surface area contributed by atoms with Gasteiger partial charge in [-0.05, 0) is 140 Å². The van der Waals surface area contributed by atoms with Crippen LogP contribution in [0.4, 0.5) is 17.1 Å². The summed E-state index contributed by atoms with van der Waals surface area (Å²) in [5.41, 5.74) is 23.7. The lowest BCUT2D eigenvalue weighted by Crippen LogP contribution is -2.16. The normalized spacial score (nSPS) is 14.0. The zero-order valence-corrected chi connectivity index (χ0v) is 39.1. The molecule has 10 aromatic carbocycles. The second-order valence-electron chi connectivity index (χ2n) is 20.1. The molecule has 2 heterocycles. The minimum Gasteiger partial charge on any atom is -0.456 e. The summed E-state index contributed by atoms with van der Waals surface area (Å²) in [5, 5.41) is 4.65. The van der Waals surface area contributed by atoms with Gasteiger partial charge in [-0.2, -0.15) is 0 Å². The van der Waals surface area contributed by atoms with E-state index >= 15 is 0 Å². The number of furan rings is 1. The van der Waals surface area contributed by atoms with E-state index in [4.69, 9.17) is 4.42 Å². The van der Waals surface area contributed by atoms with Crippen molar-refractivity contribution in [3.05, 3.63) is 241 Å². The molecule has 12 aromatic rings. The molecule has 2 aromatic heterocycles. The van der Waals surface area contributed by atoms with E-state index in [1.54, 1.807) is 0 Å². The van der Waals surface area contributed by atoms with Gasteiger partial charge in [0.15, 0.2) is 0 Å². The second-order valence-corrected chi connectivity index (χ2v) is 20.1. The Hall–Kier alpha value is -8.40. The van der Waals surface area contributed by atoms with Gasteiger partial charge in [0.25, 0.3) is 0 Å². The van der Waals surface area contributed by atoms with Crippen LogP contribution in [-0.4, -0.2) is 4.57 Å². The average molecular weight is 885 g/mol. The van der Waals surface area contributed by atoms with E-state index in [0.29, 0.717) is 0 Å². The maximum absolute atomic E-state index is 6.81. The van der Waals surface area contributed by atoms with Crippen molar-refractivity contribution >= 4 is 60.8 Å². The van der Waals surface area contributed by atoms with Crippen LogP contribution in [0.3, 0.4) is 0 Å². The van der Waals surface area contributed by atoms with Gasteiger partial charge in [-0.15, -0.1) is 0 Å². The lowest BCUT2D eigenvalue weighted by atomic mass is 9.82. The van der Waals surface area contributed by atoms with Crippen LogP contribution < -0.4 is 4.90 Å². The Kier molecular flexibility index (Phi) is 8.38. The molecule has 2 aliphatic carbocycles. The molecule has 2 aliphatic rings. The fourth-order valence-electron chi connectivity index (χ4n) is 12.2. The Labute approximate surface area is 402 Å². The zero-order valence-electron chi connectivity index (χ0n) is 39.1. The Bertz CT molecular complexity index is 4090. The van der Waals surface area contributed by atoms with Crippen molar-refractivity contribution in [2.45, 2.75) is 38.5 Å². The SMILES string of the molecule is CC1(C)c2ccccc2-c2ccc(N(c3cccc(-c4cccc5c4-c4ccccc4C5(C)C)c3)c3cccc4oc5ccc(-c6ccc7c8ccccc8n(-c8ccccc8)c7c6)cc5c34)cc21. The number of rotatable bonds is 6. The first-order valence-corrected chi connectivity index (χ1v) is 24.2. The molecule has 0 unspecified atom stereocenters. The Balaban J connectivity index is 0.978. The molecule has 3 nitrogen and oxygen atoms in total. The van der Waals surface area contributed by atoms with Crippen molar-refractivity contribution in [3.63, 3.8) is 0 Å². The molecular weight excluding hydrogens is 837 g/mol. The van der Waals surface area contributed by atoms with Crippen LogP contribution in [0.15, 0.2) is 223 Å². The van der Waals surface area contributed by atoms with Crippen molar-refractivity contribution in [3.8, 4) is 50.2 Å². The number of fused-ring (bicyclic) bond motifs is 12. The topological polar surface area (TPSA) is 21.3 Å². The second kappa shape index (κ2) is 14.6.